The second kappa shape index (κ2) is 5.16. The molecule has 0 spiro atoms. The Balaban J connectivity index is 1.97. The molecule has 0 aliphatic rings. The molecule has 4 aromatic rings. The molecule has 0 atom stereocenters. The Morgan fingerprint density at radius 1 is 0.864 bits per heavy atom. The zero-order valence-corrected chi connectivity index (χ0v) is 12.3. The maximum absolute atomic E-state index is 6.10. The smallest absolute Gasteiger partial charge is 0.180 e. The maximum Gasteiger partial charge on any atom is 0.180 e. The van der Waals surface area contributed by atoms with Gasteiger partial charge in [-0.25, -0.2) is 9.97 Å². The Hall–Kier alpha value is -2.86. The Bertz CT molecular complexity index is 935. The van der Waals surface area contributed by atoms with E-state index in [1.165, 1.54) is 11.3 Å². The summed E-state index contributed by atoms with van der Waals surface area (Å²) in [6.07, 6.45) is 3.48. The van der Waals surface area contributed by atoms with Gasteiger partial charge in [-0.1, -0.05) is 12.1 Å². The lowest BCUT2D eigenvalue weighted by atomic mass is 10.2. The van der Waals surface area contributed by atoms with Crippen LogP contribution in [0, 0.1) is 0 Å². The zero-order chi connectivity index (χ0) is 14.9. The molecule has 0 aromatic carbocycles. The molecular formula is C16H11N5S. The van der Waals surface area contributed by atoms with Gasteiger partial charge in [-0.3, -0.25) is 9.97 Å². The topological polar surface area (TPSA) is 77.6 Å². The number of rotatable bonds is 2. The van der Waals surface area contributed by atoms with Crippen molar-refractivity contribution in [3.8, 4) is 22.8 Å². The largest absolute Gasteiger partial charge is 0.382 e. The molecule has 0 aliphatic heterocycles. The van der Waals surface area contributed by atoms with Crippen LogP contribution in [0.15, 0.2) is 54.2 Å². The van der Waals surface area contributed by atoms with Crippen molar-refractivity contribution >= 4 is 27.4 Å². The van der Waals surface area contributed by atoms with Crippen molar-refractivity contribution in [1.82, 2.24) is 19.9 Å². The van der Waals surface area contributed by atoms with Gasteiger partial charge in [-0.15, -0.1) is 11.3 Å². The van der Waals surface area contributed by atoms with Gasteiger partial charge in [0.05, 0.1) is 15.9 Å². The van der Waals surface area contributed by atoms with E-state index in [4.69, 9.17) is 5.73 Å². The van der Waals surface area contributed by atoms with Crippen LogP contribution in [-0.4, -0.2) is 19.9 Å². The van der Waals surface area contributed by atoms with E-state index < -0.39 is 0 Å². The molecule has 0 saturated heterocycles. The van der Waals surface area contributed by atoms with Crippen molar-refractivity contribution in [3.05, 3.63) is 54.2 Å². The predicted molar refractivity (Wildman–Crippen MR) is 88.3 cm³/mol. The first-order valence-corrected chi connectivity index (χ1v) is 7.58. The van der Waals surface area contributed by atoms with Gasteiger partial charge < -0.3 is 5.73 Å². The van der Waals surface area contributed by atoms with E-state index in [1.54, 1.807) is 12.4 Å². The third-order valence-corrected chi connectivity index (χ3v) is 4.27. The number of nitrogen functional groups attached to an aromatic ring is 1. The number of nitrogens with zero attached hydrogens (tertiary/aromatic N) is 4. The summed E-state index contributed by atoms with van der Waals surface area (Å²) in [4.78, 5) is 17.7. The molecular weight excluding hydrogens is 294 g/mol. The Kier molecular flexibility index (Phi) is 3.01. The molecule has 4 rings (SSSR count). The van der Waals surface area contributed by atoms with Gasteiger partial charge in [0.25, 0.3) is 0 Å². The first-order valence-electron chi connectivity index (χ1n) is 6.70. The van der Waals surface area contributed by atoms with Crippen molar-refractivity contribution < 1.29 is 0 Å². The fourth-order valence-electron chi connectivity index (χ4n) is 2.25. The van der Waals surface area contributed by atoms with Crippen molar-refractivity contribution in [2.75, 3.05) is 5.73 Å². The van der Waals surface area contributed by atoms with E-state index in [0.717, 1.165) is 21.5 Å². The van der Waals surface area contributed by atoms with Crippen LogP contribution >= 0.6 is 11.3 Å². The second-order valence-corrected chi connectivity index (χ2v) is 5.57. The summed E-state index contributed by atoms with van der Waals surface area (Å²) in [6, 6.07) is 11.4. The van der Waals surface area contributed by atoms with Gasteiger partial charge in [0.15, 0.2) is 5.82 Å². The van der Waals surface area contributed by atoms with E-state index in [9.17, 15) is 0 Å². The van der Waals surface area contributed by atoms with Crippen LogP contribution in [0.1, 0.15) is 0 Å². The summed E-state index contributed by atoms with van der Waals surface area (Å²) in [5, 5.41) is 2.01. The van der Waals surface area contributed by atoms with Gasteiger partial charge in [0, 0.05) is 23.3 Å². The van der Waals surface area contributed by atoms with Gasteiger partial charge in [0.1, 0.15) is 11.5 Å². The summed E-state index contributed by atoms with van der Waals surface area (Å²) in [5.41, 5.74) is 9.46. The van der Waals surface area contributed by atoms with E-state index in [2.05, 4.69) is 19.9 Å². The molecule has 0 unspecified atom stereocenters. The highest BCUT2D eigenvalue weighted by atomic mass is 32.1. The molecule has 2 N–H and O–H groups in total. The zero-order valence-electron chi connectivity index (χ0n) is 11.5. The molecule has 22 heavy (non-hydrogen) atoms. The molecule has 106 valence electrons. The number of pyridine rings is 2. The molecule has 0 fully saturated rings. The van der Waals surface area contributed by atoms with Crippen molar-refractivity contribution in [2.45, 2.75) is 0 Å². The number of aromatic nitrogens is 4. The number of nitrogens with two attached hydrogens (primary N) is 1. The normalized spacial score (nSPS) is 10.9. The summed E-state index contributed by atoms with van der Waals surface area (Å²) in [7, 11) is 0. The Morgan fingerprint density at radius 2 is 1.59 bits per heavy atom. The molecule has 0 radical (unpaired) electrons. The Morgan fingerprint density at radius 3 is 2.27 bits per heavy atom. The Labute approximate surface area is 130 Å². The molecule has 0 saturated carbocycles. The highest BCUT2D eigenvalue weighted by molar-refractivity contribution is 7.18. The summed E-state index contributed by atoms with van der Waals surface area (Å²) >= 11 is 1.53. The van der Waals surface area contributed by atoms with E-state index in [0.29, 0.717) is 17.3 Å². The fraction of sp³-hybridized carbons (Fsp3) is 0. The number of thiophene rings is 1. The van der Waals surface area contributed by atoms with Gasteiger partial charge in [-0.05, 0) is 24.3 Å². The van der Waals surface area contributed by atoms with E-state index in [-0.39, 0.29) is 0 Å². The summed E-state index contributed by atoms with van der Waals surface area (Å²) in [6.45, 7) is 0. The SMILES string of the molecule is Nc1nc(-c2ccccn2)nc2c(-c3ccccn3)csc12. The molecule has 6 heteroatoms. The van der Waals surface area contributed by atoms with Gasteiger partial charge >= 0.3 is 0 Å². The van der Waals surface area contributed by atoms with Crippen molar-refractivity contribution in [3.63, 3.8) is 0 Å². The summed E-state index contributed by atoms with van der Waals surface area (Å²) in [5.74, 6) is 0.999. The number of anilines is 1. The third kappa shape index (κ3) is 2.10. The van der Waals surface area contributed by atoms with Crippen LogP contribution in [0.2, 0.25) is 0 Å². The lowest BCUT2D eigenvalue weighted by molar-refractivity contribution is 1.18. The van der Waals surface area contributed by atoms with E-state index in [1.807, 2.05) is 41.8 Å². The minimum atomic E-state index is 0.470. The fourth-order valence-corrected chi connectivity index (χ4v) is 3.16. The molecule has 5 nitrogen and oxygen atoms in total. The average Bonchev–Trinajstić information content (AvgIpc) is 3.01. The third-order valence-electron chi connectivity index (χ3n) is 3.28. The van der Waals surface area contributed by atoms with Crippen LogP contribution < -0.4 is 5.73 Å². The lowest BCUT2D eigenvalue weighted by Crippen LogP contribution is -1.97. The minimum absolute atomic E-state index is 0.470. The lowest BCUT2D eigenvalue weighted by Gasteiger charge is -2.03. The van der Waals surface area contributed by atoms with Crippen LogP contribution in [0.25, 0.3) is 33.0 Å². The second-order valence-electron chi connectivity index (χ2n) is 4.69. The molecule has 0 amide bonds. The van der Waals surface area contributed by atoms with Gasteiger partial charge in [-0.2, -0.15) is 0 Å². The number of hydrogen-bond acceptors (Lipinski definition) is 6. The van der Waals surface area contributed by atoms with E-state index >= 15 is 0 Å². The number of fused-ring (bicyclic) bond motifs is 1. The maximum atomic E-state index is 6.10. The average molecular weight is 305 g/mol. The minimum Gasteiger partial charge on any atom is -0.382 e. The van der Waals surface area contributed by atoms with Crippen LogP contribution in [0.4, 0.5) is 5.82 Å². The van der Waals surface area contributed by atoms with Crippen LogP contribution in [-0.2, 0) is 0 Å². The highest BCUT2D eigenvalue weighted by Gasteiger charge is 2.15. The molecule has 0 bridgehead atoms. The quantitative estimate of drug-likeness (QED) is 0.614. The van der Waals surface area contributed by atoms with Crippen molar-refractivity contribution in [1.29, 1.82) is 0 Å². The summed E-state index contributed by atoms with van der Waals surface area (Å²) < 4.78 is 0.875. The standard InChI is InChI=1S/C16H11N5S/c17-15-14-13(10(9-22-14)11-5-1-3-7-18-11)20-16(21-15)12-6-2-4-8-19-12/h1-9H,(H2,17,20,21). The molecule has 0 aliphatic carbocycles. The van der Waals surface area contributed by atoms with Crippen molar-refractivity contribution in [2.24, 2.45) is 0 Å². The number of hydrogen-bond donors (Lipinski definition) is 1. The van der Waals surface area contributed by atoms with Gasteiger partial charge in [0.2, 0.25) is 0 Å². The monoisotopic (exact) mass is 305 g/mol. The molecule has 4 aromatic heterocycles. The van der Waals surface area contributed by atoms with Crippen LogP contribution in [0.5, 0.6) is 0 Å². The predicted octanol–water partition coefficient (Wildman–Crippen LogP) is 3.40. The van der Waals surface area contributed by atoms with Crippen LogP contribution in [0.3, 0.4) is 0 Å². The first kappa shape index (κ1) is 12.8. The first-order chi connectivity index (χ1) is 10.8. The molecule has 4 heterocycles. The highest BCUT2D eigenvalue weighted by Crippen LogP contribution is 2.35.